The first-order chi connectivity index (χ1) is 13.9. The van der Waals surface area contributed by atoms with Crippen molar-refractivity contribution in [1.29, 1.82) is 0 Å². The fraction of sp³-hybridized carbons (Fsp3) is 0.318. The van der Waals surface area contributed by atoms with Gasteiger partial charge in [0.2, 0.25) is 17.6 Å². The Kier molecular flexibility index (Phi) is 7.01. The van der Waals surface area contributed by atoms with E-state index in [4.69, 9.17) is 16.1 Å². The summed E-state index contributed by atoms with van der Waals surface area (Å²) in [7, 11) is 3.93. The Morgan fingerprint density at radius 3 is 2.59 bits per heavy atom. The van der Waals surface area contributed by atoms with Gasteiger partial charge in [0.25, 0.3) is 0 Å². The molecule has 152 valence electrons. The molecule has 0 bridgehead atoms. The summed E-state index contributed by atoms with van der Waals surface area (Å²) in [5.41, 5.74) is 3.05. The second-order valence-corrected chi connectivity index (χ2v) is 7.59. The maximum Gasteiger partial charge on any atom is 0.227 e. The van der Waals surface area contributed by atoms with Crippen LogP contribution >= 0.6 is 11.6 Å². The third-order valence-corrected chi connectivity index (χ3v) is 5.07. The van der Waals surface area contributed by atoms with Gasteiger partial charge >= 0.3 is 0 Å². The summed E-state index contributed by atoms with van der Waals surface area (Å²) >= 11 is 6.31. The number of hydrogen-bond donors (Lipinski definition) is 1. The summed E-state index contributed by atoms with van der Waals surface area (Å²) in [4.78, 5) is 18.7. The van der Waals surface area contributed by atoms with Crippen LogP contribution in [0, 0.1) is 6.92 Å². The van der Waals surface area contributed by atoms with Gasteiger partial charge in [0.05, 0.1) is 6.04 Å². The Morgan fingerprint density at radius 2 is 1.90 bits per heavy atom. The van der Waals surface area contributed by atoms with E-state index in [1.165, 1.54) is 5.56 Å². The zero-order chi connectivity index (χ0) is 20.8. The van der Waals surface area contributed by atoms with E-state index in [0.717, 1.165) is 11.1 Å². The number of benzene rings is 2. The molecule has 0 aliphatic heterocycles. The number of nitrogens with zero attached hydrogens (tertiary/aromatic N) is 3. The van der Waals surface area contributed by atoms with Gasteiger partial charge < -0.3 is 14.7 Å². The molecule has 0 aliphatic carbocycles. The van der Waals surface area contributed by atoms with Crippen molar-refractivity contribution in [2.24, 2.45) is 0 Å². The van der Waals surface area contributed by atoms with Crippen molar-refractivity contribution in [1.82, 2.24) is 20.4 Å². The lowest BCUT2D eigenvalue weighted by Gasteiger charge is -2.26. The molecule has 1 N–H and O–H groups in total. The minimum Gasteiger partial charge on any atom is -0.354 e. The highest BCUT2D eigenvalue weighted by molar-refractivity contribution is 6.31. The molecule has 0 radical (unpaired) electrons. The maximum atomic E-state index is 12.3. The molecule has 1 amide bonds. The van der Waals surface area contributed by atoms with Crippen LogP contribution < -0.4 is 5.32 Å². The third-order valence-electron chi connectivity index (χ3n) is 4.72. The lowest BCUT2D eigenvalue weighted by molar-refractivity contribution is -0.121. The second kappa shape index (κ2) is 9.67. The zero-order valence-corrected chi connectivity index (χ0v) is 17.6. The van der Waals surface area contributed by atoms with Crippen LogP contribution in [-0.2, 0) is 11.2 Å². The number of nitrogens with one attached hydrogen (secondary N) is 1. The average molecular weight is 413 g/mol. The molecule has 1 heterocycles. The molecule has 3 aromatic rings. The first-order valence-electron chi connectivity index (χ1n) is 9.51. The van der Waals surface area contributed by atoms with Crippen LogP contribution in [-0.4, -0.2) is 41.6 Å². The molecule has 0 saturated heterocycles. The number of rotatable bonds is 8. The molecule has 0 fully saturated rings. The highest BCUT2D eigenvalue weighted by atomic mass is 35.5. The van der Waals surface area contributed by atoms with Crippen LogP contribution in [0.4, 0.5) is 0 Å². The minimum atomic E-state index is -0.0704. The van der Waals surface area contributed by atoms with Gasteiger partial charge in [-0.25, -0.2) is 0 Å². The number of likely N-dealkylation sites (N-methyl/N-ethyl adjacent to an activating group) is 1. The summed E-state index contributed by atoms with van der Waals surface area (Å²) in [6.45, 7) is 2.49. The summed E-state index contributed by atoms with van der Waals surface area (Å²) in [5.74, 6) is 0.914. The Hall–Kier alpha value is -2.70. The van der Waals surface area contributed by atoms with E-state index in [0.29, 0.717) is 29.7 Å². The monoisotopic (exact) mass is 412 g/mol. The summed E-state index contributed by atoms with van der Waals surface area (Å²) < 4.78 is 5.28. The Morgan fingerprint density at radius 1 is 1.17 bits per heavy atom. The van der Waals surface area contributed by atoms with E-state index in [1.807, 2.05) is 74.4 Å². The molecule has 1 aromatic heterocycles. The molecule has 6 nitrogen and oxygen atoms in total. The van der Waals surface area contributed by atoms with Crippen LogP contribution in [0.1, 0.15) is 29.5 Å². The lowest BCUT2D eigenvalue weighted by atomic mass is 10.1. The highest BCUT2D eigenvalue weighted by Gasteiger charge is 2.18. The summed E-state index contributed by atoms with van der Waals surface area (Å²) in [5, 5.41) is 7.67. The van der Waals surface area contributed by atoms with E-state index in [-0.39, 0.29) is 18.4 Å². The van der Waals surface area contributed by atoms with Gasteiger partial charge in [0.1, 0.15) is 0 Å². The van der Waals surface area contributed by atoms with Crippen molar-refractivity contribution in [3.63, 3.8) is 0 Å². The SMILES string of the molecule is Cc1ccc(-c2noc(CCC(=O)NC[C@@H](c3ccccc3Cl)N(C)C)n2)cc1. The van der Waals surface area contributed by atoms with E-state index < -0.39 is 0 Å². The molecule has 1 atom stereocenters. The predicted octanol–water partition coefficient (Wildman–Crippen LogP) is 4.05. The quantitative estimate of drug-likeness (QED) is 0.604. The topological polar surface area (TPSA) is 71.3 Å². The van der Waals surface area contributed by atoms with Gasteiger partial charge in [-0.15, -0.1) is 0 Å². The summed E-state index contributed by atoms with van der Waals surface area (Å²) in [6.07, 6.45) is 0.668. The average Bonchev–Trinajstić information content (AvgIpc) is 3.17. The zero-order valence-electron chi connectivity index (χ0n) is 16.9. The van der Waals surface area contributed by atoms with Gasteiger partial charge in [0.15, 0.2) is 0 Å². The molecular formula is C22H25ClN4O2. The van der Waals surface area contributed by atoms with Crippen LogP contribution in [0.2, 0.25) is 5.02 Å². The van der Waals surface area contributed by atoms with Crippen molar-refractivity contribution < 1.29 is 9.32 Å². The van der Waals surface area contributed by atoms with Crippen LogP contribution in [0.15, 0.2) is 53.1 Å². The first-order valence-corrected chi connectivity index (χ1v) is 9.89. The van der Waals surface area contributed by atoms with Crippen molar-refractivity contribution in [3.8, 4) is 11.4 Å². The highest BCUT2D eigenvalue weighted by Crippen LogP contribution is 2.25. The van der Waals surface area contributed by atoms with Gasteiger partial charge in [-0.3, -0.25) is 4.79 Å². The van der Waals surface area contributed by atoms with Gasteiger partial charge in [-0.2, -0.15) is 4.98 Å². The number of carbonyl (C=O) groups excluding carboxylic acids is 1. The Balaban J connectivity index is 1.53. The second-order valence-electron chi connectivity index (χ2n) is 7.18. The number of hydrogen-bond acceptors (Lipinski definition) is 5. The summed E-state index contributed by atoms with van der Waals surface area (Å²) in [6, 6.07) is 15.6. The van der Waals surface area contributed by atoms with Crippen molar-refractivity contribution >= 4 is 17.5 Å². The standard InChI is InChI=1S/C22H25ClN4O2/c1-15-8-10-16(11-9-15)22-25-21(29-26-22)13-12-20(28)24-14-19(27(2)3)17-6-4-5-7-18(17)23/h4-11,19H,12-14H2,1-3H3,(H,24,28)/t19-/m0/s1. The molecular weight excluding hydrogens is 388 g/mol. The van der Waals surface area contributed by atoms with Crippen LogP contribution in [0.5, 0.6) is 0 Å². The van der Waals surface area contributed by atoms with E-state index in [2.05, 4.69) is 15.5 Å². The maximum absolute atomic E-state index is 12.3. The third kappa shape index (κ3) is 5.65. The first kappa shape index (κ1) is 21.0. The van der Waals surface area contributed by atoms with Crippen molar-refractivity contribution in [2.45, 2.75) is 25.8 Å². The largest absolute Gasteiger partial charge is 0.354 e. The van der Waals surface area contributed by atoms with Crippen molar-refractivity contribution in [2.75, 3.05) is 20.6 Å². The number of amides is 1. The van der Waals surface area contributed by atoms with E-state index >= 15 is 0 Å². The molecule has 0 spiro atoms. The molecule has 29 heavy (non-hydrogen) atoms. The molecule has 0 unspecified atom stereocenters. The number of carbonyl (C=O) groups is 1. The van der Waals surface area contributed by atoms with Gasteiger partial charge in [0, 0.05) is 30.0 Å². The number of aryl methyl sites for hydroxylation is 2. The fourth-order valence-electron chi connectivity index (χ4n) is 3.01. The lowest BCUT2D eigenvalue weighted by Crippen LogP contribution is -2.34. The van der Waals surface area contributed by atoms with E-state index in [9.17, 15) is 4.79 Å². The van der Waals surface area contributed by atoms with E-state index in [1.54, 1.807) is 0 Å². The molecule has 7 heteroatoms. The molecule has 2 aromatic carbocycles. The van der Waals surface area contributed by atoms with Crippen LogP contribution in [0.3, 0.4) is 0 Å². The molecule has 0 aliphatic rings. The molecule has 3 rings (SSSR count). The van der Waals surface area contributed by atoms with Gasteiger partial charge in [-0.05, 0) is 32.6 Å². The van der Waals surface area contributed by atoms with Crippen molar-refractivity contribution in [3.05, 3.63) is 70.6 Å². The van der Waals surface area contributed by atoms with Gasteiger partial charge in [-0.1, -0.05) is 64.8 Å². The normalized spacial score (nSPS) is 12.2. The fourth-order valence-corrected chi connectivity index (χ4v) is 3.27. The number of halogens is 1. The Labute approximate surface area is 175 Å². The van der Waals surface area contributed by atoms with Crippen LogP contribution in [0.25, 0.3) is 11.4 Å². The Bertz CT molecular complexity index is 953. The smallest absolute Gasteiger partial charge is 0.227 e. The molecule has 0 saturated carbocycles. The predicted molar refractivity (Wildman–Crippen MR) is 114 cm³/mol. The number of aromatic nitrogens is 2. The minimum absolute atomic E-state index is 0.0100.